The molecule has 5 rings (SSSR count). The topological polar surface area (TPSA) is 76.4 Å². The lowest BCUT2D eigenvalue weighted by Gasteiger charge is -2.21. The highest BCUT2D eigenvalue weighted by molar-refractivity contribution is 9.10. The molecule has 0 aliphatic carbocycles. The Morgan fingerprint density at radius 3 is 2.58 bits per heavy atom. The van der Waals surface area contributed by atoms with Crippen LogP contribution in [-0.4, -0.2) is 13.4 Å². The first kappa shape index (κ1) is 25.9. The zero-order chi connectivity index (χ0) is 26.9. The number of hydrogen-bond acceptors (Lipinski definition) is 7. The molecule has 1 aliphatic rings. The molecule has 38 heavy (non-hydrogen) atoms. The summed E-state index contributed by atoms with van der Waals surface area (Å²) in [7, 11) is 0. The molecule has 2 heterocycles. The lowest BCUT2D eigenvalue weighted by atomic mass is 10.1. The van der Waals surface area contributed by atoms with Gasteiger partial charge in [-0.1, -0.05) is 28.1 Å². The summed E-state index contributed by atoms with van der Waals surface area (Å²) < 4.78 is 75.5. The first-order valence-electron chi connectivity index (χ1n) is 11.5. The molecule has 0 fully saturated rings. The zero-order valence-corrected chi connectivity index (χ0v) is 21.5. The largest absolute Gasteiger partial charge is 0.490 e. The third-order valence-corrected chi connectivity index (χ3v) is 6.04. The zero-order valence-electron chi connectivity index (χ0n) is 19.9. The molecule has 0 spiro atoms. The van der Waals surface area contributed by atoms with Gasteiger partial charge in [0.2, 0.25) is 11.2 Å². The SMILES string of the molecule is CCOc1ccccc1Oc1c(C(F)(F)F)oc2cc(OCc3cc(Br)cc4c3OCOC4)ccc2c1=O. The van der Waals surface area contributed by atoms with E-state index in [-0.39, 0.29) is 48.2 Å². The summed E-state index contributed by atoms with van der Waals surface area (Å²) in [5.41, 5.74) is 0.269. The molecular formula is C27H20BrF3O7. The smallest absolute Gasteiger partial charge is 0.453 e. The molecule has 3 aromatic carbocycles. The molecule has 0 saturated heterocycles. The first-order chi connectivity index (χ1) is 18.2. The van der Waals surface area contributed by atoms with Crippen molar-refractivity contribution in [2.24, 2.45) is 0 Å². The molecule has 0 amide bonds. The van der Waals surface area contributed by atoms with E-state index in [4.69, 9.17) is 28.1 Å². The van der Waals surface area contributed by atoms with Crippen LogP contribution in [0, 0.1) is 0 Å². The Balaban J connectivity index is 1.50. The van der Waals surface area contributed by atoms with Crippen LogP contribution < -0.4 is 24.4 Å². The monoisotopic (exact) mass is 592 g/mol. The maximum absolute atomic E-state index is 14.0. The summed E-state index contributed by atoms with van der Waals surface area (Å²) in [6.45, 7) is 2.50. The van der Waals surface area contributed by atoms with Crippen LogP contribution in [0.2, 0.25) is 0 Å². The molecule has 0 atom stereocenters. The van der Waals surface area contributed by atoms with Crippen molar-refractivity contribution in [3.63, 3.8) is 0 Å². The van der Waals surface area contributed by atoms with E-state index in [2.05, 4.69) is 15.9 Å². The number of halogens is 4. The molecule has 0 saturated carbocycles. The average Bonchev–Trinajstić information content (AvgIpc) is 2.89. The van der Waals surface area contributed by atoms with Gasteiger partial charge in [-0.3, -0.25) is 4.79 Å². The minimum Gasteiger partial charge on any atom is -0.490 e. The van der Waals surface area contributed by atoms with Gasteiger partial charge in [0.15, 0.2) is 18.3 Å². The first-order valence-corrected chi connectivity index (χ1v) is 12.3. The van der Waals surface area contributed by atoms with Crippen molar-refractivity contribution >= 4 is 26.9 Å². The fourth-order valence-corrected chi connectivity index (χ4v) is 4.52. The Labute approximate surface area is 222 Å². The van der Waals surface area contributed by atoms with Crippen LogP contribution in [0.5, 0.6) is 28.7 Å². The summed E-state index contributed by atoms with van der Waals surface area (Å²) in [5.74, 6) is -1.57. The highest BCUT2D eigenvalue weighted by atomic mass is 79.9. The van der Waals surface area contributed by atoms with E-state index in [1.54, 1.807) is 19.1 Å². The van der Waals surface area contributed by atoms with Gasteiger partial charge in [-0.05, 0) is 43.3 Å². The maximum Gasteiger partial charge on any atom is 0.453 e. The third-order valence-electron chi connectivity index (χ3n) is 5.59. The molecule has 4 aromatic rings. The van der Waals surface area contributed by atoms with E-state index in [0.717, 1.165) is 10.0 Å². The van der Waals surface area contributed by atoms with Gasteiger partial charge in [-0.15, -0.1) is 0 Å². The van der Waals surface area contributed by atoms with Crippen molar-refractivity contribution in [3.8, 4) is 28.7 Å². The number of benzene rings is 3. The van der Waals surface area contributed by atoms with Crippen LogP contribution >= 0.6 is 15.9 Å². The Bertz CT molecular complexity index is 1550. The lowest BCUT2D eigenvalue weighted by molar-refractivity contribution is -0.154. The van der Waals surface area contributed by atoms with Crippen LogP contribution in [-0.2, 0) is 24.1 Å². The van der Waals surface area contributed by atoms with E-state index < -0.39 is 23.1 Å². The lowest BCUT2D eigenvalue weighted by Crippen LogP contribution is -2.16. The summed E-state index contributed by atoms with van der Waals surface area (Å²) in [6, 6.07) is 13.8. The summed E-state index contributed by atoms with van der Waals surface area (Å²) >= 11 is 3.44. The molecule has 0 N–H and O–H groups in total. The van der Waals surface area contributed by atoms with Gasteiger partial charge in [0.25, 0.3) is 5.76 Å². The number of para-hydroxylation sites is 2. The molecule has 0 bridgehead atoms. The minimum absolute atomic E-state index is 0.0450. The Morgan fingerprint density at radius 2 is 1.82 bits per heavy atom. The van der Waals surface area contributed by atoms with Gasteiger partial charge in [0, 0.05) is 21.7 Å². The fourth-order valence-electron chi connectivity index (χ4n) is 3.97. The number of ether oxygens (including phenoxy) is 5. The molecule has 1 aromatic heterocycles. The molecule has 11 heteroatoms. The van der Waals surface area contributed by atoms with E-state index in [1.165, 1.54) is 30.3 Å². The summed E-state index contributed by atoms with van der Waals surface area (Å²) in [6.07, 6.45) is -5.01. The Hall–Kier alpha value is -3.70. The molecule has 0 unspecified atom stereocenters. The fraction of sp³-hybridized carbons (Fsp3) is 0.222. The molecule has 198 valence electrons. The molecular weight excluding hydrogens is 573 g/mol. The minimum atomic E-state index is -5.01. The van der Waals surface area contributed by atoms with E-state index >= 15 is 0 Å². The predicted octanol–water partition coefficient (Wildman–Crippen LogP) is 7.21. The van der Waals surface area contributed by atoms with Gasteiger partial charge < -0.3 is 28.1 Å². The highest BCUT2D eigenvalue weighted by Gasteiger charge is 2.40. The van der Waals surface area contributed by atoms with Crippen LogP contribution in [0.4, 0.5) is 13.2 Å². The van der Waals surface area contributed by atoms with Crippen molar-refractivity contribution < 1.29 is 41.3 Å². The van der Waals surface area contributed by atoms with Crippen molar-refractivity contribution in [2.75, 3.05) is 13.4 Å². The molecule has 1 aliphatic heterocycles. The van der Waals surface area contributed by atoms with E-state index in [0.29, 0.717) is 17.9 Å². The van der Waals surface area contributed by atoms with Crippen molar-refractivity contribution in [2.45, 2.75) is 26.3 Å². The normalized spacial score (nSPS) is 13.1. The van der Waals surface area contributed by atoms with Gasteiger partial charge in [-0.25, -0.2) is 0 Å². The molecule has 0 radical (unpaired) electrons. The van der Waals surface area contributed by atoms with Gasteiger partial charge in [0.05, 0.1) is 18.6 Å². The Kier molecular flexibility index (Phi) is 7.22. The van der Waals surface area contributed by atoms with Crippen LogP contribution in [0.3, 0.4) is 0 Å². The van der Waals surface area contributed by atoms with E-state index in [9.17, 15) is 18.0 Å². The number of rotatable bonds is 7. The second-order valence-corrected chi connectivity index (χ2v) is 9.10. The third kappa shape index (κ3) is 5.30. The summed E-state index contributed by atoms with van der Waals surface area (Å²) in [4.78, 5) is 13.2. The second-order valence-electron chi connectivity index (χ2n) is 8.18. The number of alkyl halides is 3. The standard InChI is InChI=1S/C27H20BrF3O7/c1-2-34-20-5-3-4-6-21(20)37-25-23(32)19-8-7-18(11-22(19)38-26(25)27(29,30)31)35-13-16-10-17(28)9-15-12-33-14-36-24(15)16/h3-11H,2,12-14H2,1H3. The van der Waals surface area contributed by atoms with Crippen LogP contribution in [0.25, 0.3) is 11.0 Å². The van der Waals surface area contributed by atoms with Crippen LogP contribution in [0.15, 0.2) is 68.3 Å². The average molecular weight is 593 g/mol. The quantitative estimate of drug-likeness (QED) is 0.224. The number of fused-ring (bicyclic) bond motifs is 2. The highest BCUT2D eigenvalue weighted by Crippen LogP contribution is 2.40. The predicted molar refractivity (Wildman–Crippen MR) is 134 cm³/mol. The van der Waals surface area contributed by atoms with Gasteiger partial charge in [0.1, 0.15) is 23.7 Å². The molecule has 7 nitrogen and oxygen atoms in total. The van der Waals surface area contributed by atoms with Gasteiger partial charge in [-0.2, -0.15) is 13.2 Å². The number of hydrogen-bond donors (Lipinski definition) is 0. The summed E-state index contributed by atoms with van der Waals surface area (Å²) in [5, 5.41) is -0.102. The van der Waals surface area contributed by atoms with Gasteiger partial charge >= 0.3 is 6.18 Å². The van der Waals surface area contributed by atoms with Crippen molar-refractivity contribution in [1.82, 2.24) is 0 Å². The Morgan fingerprint density at radius 1 is 1.03 bits per heavy atom. The van der Waals surface area contributed by atoms with Crippen molar-refractivity contribution in [1.29, 1.82) is 0 Å². The van der Waals surface area contributed by atoms with Crippen molar-refractivity contribution in [3.05, 3.63) is 86.2 Å². The second kappa shape index (κ2) is 10.6. The van der Waals surface area contributed by atoms with Crippen LogP contribution in [0.1, 0.15) is 23.8 Å². The van der Waals surface area contributed by atoms with E-state index in [1.807, 2.05) is 12.1 Å². The maximum atomic E-state index is 14.0.